The standard InChI is InChI=1S/C32H44O7.C21H26O5/c1-18(2)28(36)37-17-25(35)32-26(38-29(39-32)19-8-6-5-7-9-19)15-23-22-11-10-20-14-21(33)12-13-30(20,3)27(22)24(34)16-31(23,32)4;1-19-7-5-13(23)9-12(19)3-4-14-15-6-8-21(26,17(25)11-22)20(15,2)10-16(24)18(14)19/h12-14,18-19,22-24,26-27,29,34H,5-11,15-17H2,1-4H3;5,7,9,14-15,18,22,26H,3-4,6,8,10-11H2,1-2H3/t22-,23-,24-,26+,27+,29+,30-,31-,32+;14-,15-,18+,19-,20-,21-/m00/s1. The van der Waals surface area contributed by atoms with E-state index in [1.165, 1.54) is 6.42 Å². The minimum Gasteiger partial charge on any atom is -0.457 e. The first-order valence-corrected chi connectivity index (χ1v) is 24.7. The highest BCUT2D eigenvalue weighted by Gasteiger charge is 2.76. The highest BCUT2D eigenvalue weighted by molar-refractivity contribution is 6.02. The second-order valence-electron chi connectivity index (χ2n) is 22.9. The first-order valence-electron chi connectivity index (χ1n) is 24.7. The summed E-state index contributed by atoms with van der Waals surface area (Å²) in [5, 5.41) is 32.3. The van der Waals surface area contributed by atoms with E-state index in [2.05, 4.69) is 13.8 Å². The lowest BCUT2D eigenvalue weighted by Gasteiger charge is -2.59. The predicted octanol–water partition coefficient (Wildman–Crippen LogP) is 6.47. The molecule has 1 saturated heterocycles. The van der Waals surface area contributed by atoms with Gasteiger partial charge in [0.1, 0.15) is 18.0 Å². The molecule has 0 unspecified atom stereocenters. The number of carbonyl (C=O) groups excluding carboxylic acids is 6. The SMILES string of the molecule is CC(C)C(=O)OCC(=O)[C@@]12O[C@H](C3CCCCC3)O[C@@H]1C[C@H]1[C@@H]3CCC4=CC(=O)C=C[C@]4(C)[C@H]3[C@@H](O)C[C@@]12C.C[C@]12C=CC(=O)C=C1CC[C@@H]1[C@@H]2C(=O)C[C@@]2(C)[C@H]1CC[C@]2(O)C(=O)CO. The number of hydrogen-bond donors (Lipinski definition) is 3. The van der Waals surface area contributed by atoms with Crippen LogP contribution < -0.4 is 0 Å². The molecule has 7 saturated carbocycles. The van der Waals surface area contributed by atoms with Crippen LogP contribution in [0.2, 0.25) is 0 Å². The Morgan fingerprint density at radius 3 is 2.09 bits per heavy atom. The van der Waals surface area contributed by atoms with Gasteiger partial charge in [-0.15, -0.1) is 0 Å². The van der Waals surface area contributed by atoms with Gasteiger partial charge in [-0.3, -0.25) is 28.8 Å². The Labute approximate surface area is 383 Å². The van der Waals surface area contributed by atoms with E-state index in [-0.39, 0.29) is 88.9 Å². The first-order chi connectivity index (χ1) is 30.7. The Morgan fingerprint density at radius 2 is 1.45 bits per heavy atom. The fraction of sp³-hybridized carbons (Fsp3) is 0.736. The first kappa shape index (κ1) is 46.7. The number of ether oxygens (including phenoxy) is 3. The normalized spacial score (nSPS) is 46.0. The lowest BCUT2D eigenvalue weighted by atomic mass is 9.46. The topological polar surface area (TPSA) is 191 Å². The van der Waals surface area contributed by atoms with Gasteiger partial charge in [0.25, 0.3) is 0 Å². The van der Waals surface area contributed by atoms with E-state index in [0.29, 0.717) is 25.7 Å². The van der Waals surface area contributed by atoms with Crippen molar-refractivity contribution in [2.45, 2.75) is 161 Å². The molecule has 8 fully saturated rings. The summed E-state index contributed by atoms with van der Waals surface area (Å²) in [5.41, 5.74) is -3.05. The third-order valence-corrected chi connectivity index (χ3v) is 19.5. The van der Waals surface area contributed by atoms with E-state index in [0.717, 1.165) is 62.5 Å². The fourth-order valence-corrected chi connectivity index (χ4v) is 16.2. The number of carbonyl (C=O) groups is 6. The molecule has 9 aliphatic carbocycles. The minimum absolute atomic E-state index is 0.0162. The number of aliphatic hydroxyl groups is 3. The molecule has 0 aromatic carbocycles. The zero-order chi connectivity index (χ0) is 46.6. The molecule has 1 aliphatic heterocycles. The van der Waals surface area contributed by atoms with Gasteiger partial charge in [0.2, 0.25) is 5.78 Å². The van der Waals surface area contributed by atoms with Crippen LogP contribution in [0.15, 0.2) is 47.6 Å². The molecule has 0 amide bonds. The van der Waals surface area contributed by atoms with Gasteiger partial charge in [0.05, 0.1) is 18.1 Å². The number of ketones is 5. The van der Waals surface area contributed by atoms with Gasteiger partial charge in [-0.1, -0.05) is 84.1 Å². The summed E-state index contributed by atoms with van der Waals surface area (Å²) >= 11 is 0. The van der Waals surface area contributed by atoms with Crippen molar-refractivity contribution in [2.24, 2.45) is 69.0 Å². The average Bonchev–Trinajstić information content (AvgIpc) is 3.88. The second kappa shape index (κ2) is 16.4. The summed E-state index contributed by atoms with van der Waals surface area (Å²) < 4.78 is 19.0. The van der Waals surface area contributed by atoms with Crippen LogP contribution in [-0.2, 0) is 43.0 Å². The molecule has 12 heteroatoms. The number of hydrogen-bond acceptors (Lipinski definition) is 12. The predicted molar refractivity (Wildman–Crippen MR) is 237 cm³/mol. The molecule has 354 valence electrons. The Balaban J connectivity index is 0.000000178. The van der Waals surface area contributed by atoms with Crippen LogP contribution in [0.3, 0.4) is 0 Å². The van der Waals surface area contributed by atoms with E-state index in [1.54, 1.807) is 38.2 Å². The smallest absolute Gasteiger partial charge is 0.308 e. The van der Waals surface area contributed by atoms with Gasteiger partial charge in [0, 0.05) is 45.8 Å². The maximum Gasteiger partial charge on any atom is 0.308 e. The number of Topliss-reactive ketones (excluding diaryl/α,β-unsaturated/α-hetero) is 3. The zero-order valence-electron chi connectivity index (χ0n) is 39.1. The molecule has 1 heterocycles. The second-order valence-corrected chi connectivity index (χ2v) is 22.9. The van der Waals surface area contributed by atoms with Crippen molar-refractivity contribution < 1.29 is 58.3 Å². The van der Waals surface area contributed by atoms with Crippen LogP contribution in [0.4, 0.5) is 0 Å². The van der Waals surface area contributed by atoms with Crippen molar-refractivity contribution in [3.05, 3.63) is 47.6 Å². The van der Waals surface area contributed by atoms with Gasteiger partial charge >= 0.3 is 5.97 Å². The molecule has 0 bridgehead atoms. The Hall–Kier alpha value is -3.42. The van der Waals surface area contributed by atoms with Crippen LogP contribution in [0.5, 0.6) is 0 Å². The minimum atomic E-state index is -1.62. The summed E-state index contributed by atoms with van der Waals surface area (Å²) in [6, 6.07) is 0. The van der Waals surface area contributed by atoms with Crippen molar-refractivity contribution in [3.8, 4) is 0 Å². The van der Waals surface area contributed by atoms with E-state index in [1.807, 2.05) is 26.0 Å². The number of aliphatic hydroxyl groups excluding tert-OH is 2. The van der Waals surface area contributed by atoms with Gasteiger partial charge in [-0.25, -0.2) is 0 Å². The van der Waals surface area contributed by atoms with Crippen molar-refractivity contribution in [2.75, 3.05) is 13.2 Å². The van der Waals surface area contributed by atoms with E-state index >= 15 is 0 Å². The Bertz CT molecular complexity index is 2160. The quantitative estimate of drug-likeness (QED) is 0.237. The number of rotatable bonds is 7. The van der Waals surface area contributed by atoms with Gasteiger partial charge < -0.3 is 29.5 Å². The molecule has 0 aromatic heterocycles. The van der Waals surface area contributed by atoms with Crippen molar-refractivity contribution in [3.63, 3.8) is 0 Å². The van der Waals surface area contributed by atoms with Gasteiger partial charge in [0.15, 0.2) is 35.8 Å². The highest BCUT2D eigenvalue weighted by Crippen LogP contribution is 2.70. The highest BCUT2D eigenvalue weighted by atomic mass is 16.7. The molecular weight excluding hydrogens is 829 g/mol. The van der Waals surface area contributed by atoms with Crippen molar-refractivity contribution >= 4 is 34.9 Å². The van der Waals surface area contributed by atoms with Crippen LogP contribution in [0.1, 0.15) is 131 Å². The molecule has 10 rings (SSSR count). The average molecular weight is 899 g/mol. The van der Waals surface area contributed by atoms with E-state index < -0.39 is 64.3 Å². The summed E-state index contributed by atoms with van der Waals surface area (Å²) in [6.07, 6.45) is 20.0. The Morgan fingerprint density at radius 1 is 0.815 bits per heavy atom. The van der Waals surface area contributed by atoms with Crippen molar-refractivity contribution in [1.29, 1.82) is 0 Å². The molecule has 15 atom stereocenters. The monoisotopic (exact) mass is 898 g/mol. The van der Waals surface area contributed by atoms with Crippen LogP contribution >= 0.6 is 0 Å². The number of esters is 1. The fourth-order valence-electron chi connectivity index (χ4n) is 16.2. The van der Waals surface area contributed by atoms with Gasteiger partial charge in [-0.05, 0) is 112 Å². The summed E-state index contributed by atoms with van der Waals surface area (Å²) in [5.74, 6) is -1.06. The number of allylic oxidation sites excluding steroid dienone is 8. The van der Waals surface area contributed by atoms with Crippen LogP contribution in [-0.4, -0.2) is 93.1 Å². The molecular formula is C53H70O12. The summed E-state index contributed by atoms with van der Waals surface area (Å²) in [6.45, 7) is 10.6. The van der Waals surface area contributed by atoms with Crippen molar-refractivity contribution in [1.82, 2.24) is 0 Å². The third-order valence-electron chi connectivity index (χ3n) is 19.5. The molecule has 12 nitrogen and oxygen atoms in total. The van der Waals surface area contributed by atoms with E-state index in [4.69, 9.17) is 14.2 Å². The zero-order valence-corrected chi connectivity index (χ0v) is 39.1. The molecule has 10 aliphatic rings. The van der Waals surface area contributed by atoms with Crippen LogP contribution in [0.25, 0.3) is 0 Å². The molecule has 65 heavy (non-hydrogen) atoms. The third kappa shape index (κ3) is 6.82. The molecule has 3 N–H and O–H groups in total. The Kier molecular flexibility index (Phi) is 11.8. The van der Waals surface area contributed by atoms with E-state index in [9.17, 15) is 44.1 Å². The molecule has 0 aromatic rings. The summed E-state index contributed by atoms with van der Waals surface area (Å²) in [7, 11) is 0. The molecule has 0 radical (unpaired) electrons. The maximum absolute atomic E-state index is 14.2. The lowest BCUT2D eigenvalue weighted by Crippen LogP contribution is -2.63. The van der Waals surface area contributed by atoms with Gasteiger partial charge in [-0.2, -0.15) is 0 Å². The number of fused-ring (bicyclic) bond motifs is 12. The molecule has 0 spiro atoms. The summed E-state index contributed by atoms with van der Waals surface area (Å²) in [4.78, 5) is 76.1. The lowest BCUT2D eigenvalue weighted by molar-refractivity contribution is -0.210. The maximum atomic E-state index is 14.2. The largest absolute Gasteiger partial charge is 0.457 e. The van der Waals surface area contributed by atoms with Crippen LogP contribution in [0, 0.1) is 69.0 Å².